The van der Waals surface area contributed by atoms with Gasteiger partial charge in [0.2, 0.25) is 0 Å². The van der Waals surface area contributed by atoms with Gasteiger partial charge in [0.05, 0.1) is 0 Å². The zero-order valence-corrected chi connectivity index (χ0v) is 11.3. The van der Waals surface area contributed by atoms with E-state index in [0.29, 0.717) is 5.92 Å². The molecule has 1 unspecified atom stereocenters. The molecule has 0 saturated heterocycles. The topological polar surface area (TPSA) is 40.5 Å². The van der Waals surface area contributed by atoms with Crippen molar-refractivity contribution in [1.82, 2.24) is 0 Å². The average Bonchev–Trinajstić information content (AvgIpc) is 2.42. The molecule has 0 radical (unpaired) electrons. The lowest BCUT2D eigenvalue weighted by Gasteiger charge is -2.23. The Morgan fingerprint density at radius 3 is 2.61 bits per heavy atom. The van der Waals surface area contributed by atoms with Gasteiger partial charge in [0.25, 0.3) is 0 Å². The van der Waals surface area contributed by atoms with Crippen LogP contribution in [0.15, 0.2) is 12.2 Å². The molecule has 0 spiro atoms. The Labute approximate surface area is 111 Å². The maximum Gasteiger partial charge on any atom is 0.117 e. The Morgan fingerprint density at radius 2 is 1.89 bits per heavy atom. The molecule has 1 rings (SSSR count). The number of unbranched alkanes of at least 4 members (excludes halogenated alkanes) is 3. The van der Waals surface area contributed by atoms with E-state index >= 15 is 0 Å². The number of hydrogen-bond donors (Lipinski definition) is 2. The molecule has 0 heterocycles. The van der Waals surface area contributed by atoms with Crippen LogP contribution in [-0.4, -0.2) is 22.9 Å². The highest BCUT2D eigenvalue weighted by molar-refractivity contribution is 5.18. The fourth-order valence-corrected chi connectivity index (χ4v) is 2.39. The number of hydrogen-bond acceptors (Lipinski definition) is 2. The summed E-state index contributed by atoms with van der Waals surface area (Å²) in [5.41, 5.74) is 0. The molecular formula is C16H26O2. The summed E-state index contributed by atoms with van der Waals surface area (Å²) in [6, 6.07) is 0. The van der Waals surface area contributed by atoms with E-state index in [1.165, 1.54) is 19.3 Å². The van der Waals surface area contributed by atoms with Crippen molar-refractivity contribution in [2.75, 3.05) is 6.61 Å². The summed E-state index contributed by atoms with van der Waals surface area (Å²) in [7, 11) is 0. The molecule has 0 amide bonds. The second-order valence-corrected chi connectivity index (χ2v) is 5.11. The van der Waals surface area contributed by atoms with Crippen LogP contribution in [0, 0.1) is 17.8 Å². The SMILES string of the molecule is OCCCCC/C=C/C#CC(O)C1CCCCC1. The van der Waals surface area contributed by atoms with Crippen LogP contribution < -0.4 is 0 Å². The first kappa shape index (κ1) is 15.3. The van der Waals surface area contributed by atoms with E-state index in [1.807, 2.05) is 6.08 Å². The van der Waals surface area contributed by atoms with Crippen molar-refractivity contribution in [3.8, 4) is 11.8 Å². The third kappa shape index (κ3) is 6.83. The molecule has 2 nitrogen and oxygen atoms in total. The van der Waals surface area contributed by atoms with Gasteiger partial charge in [-0.25, -0.2) is 0 Å². The van der Waals surface area contributed by atoms with Crippen molar-refractivity contribution in [2.24, 2.45) is 5.92 Å². The standard InChI is InChI=1S/C16H26O2/c17-14-10-5-3-1-2-4-9-13-16(18)15-11-7-6-8-12-15/h2,4,15-18H,1,3,5-8,10-12,14H2/b4-2+. The van der Waals surface area contributed by atoms with E-state index in [2.05, 4.69) is 17.9 Å². The minimum absolute atomic E-state index is 0.289. The van der Waals surface area contributed by atoms with E-state index in [9.17, 15) is 5.11 Å². The van der Waals surface area contributed by atoms with Gasteiger partial charge in [-0.15, -0.1) is 0 Å². The molecule has 1 aliphatic rings. The average molecular weight is 250 g/mol. The first-order valence-electron chi connectivity index (χ1n) is 7.29. The molecule has 0 aromatic heterocycles. The smallest absolute Gasteiger partial charge is 0.117 e. The summed E-state index contributed by atoms with van der Waals surface area (Å²) < 4.78 is 0. The van der Waals surface area contributed by atoms with Crippen LogP contribution >= 0.6 is 0 Å². The predicted octanol–water partition coefficient (Wildman–Crippen LogP) is 3.04. The minimum atomic E-state index is -0.440. The Kier molecular flexibility index (Phi) is 8.63. The summed E-state index contributed by atoms with van der Waals surface area (Å²) in [5.74, 6) is 6.27. The molecule has 0 aliphatic heterocycles. The second kappa shape index (κ2) is 10.2. The highest BCUT2D eigenvalue weighted by Gasteiger charge is 2.19. The van der Waals surface area contributed by atoms with Crippen molar-refractivity contribution < 1.29 is 10.2 Å². The fraction of sp³-hybridized carbons (Fsp3) is 0.750. The third-order valence-electron chi connectivity index (χ3n) is 3.56. The first-order chi connectivity index (χ1) is 8.84. The quantitative estimate of drug-likeness (QED) is 0.562. The van der Waals surface area contributed by atoms with Crippen molar-refractivity contribution in [1.29, 1.82) is 0 Å². The zero-order valence-electron chi connectivity index (χ0n) is 11.3. The highest BCUT2D eigenvalue weighted by Crippen LogP contribution is 2.26. The lowest BCUT2D eigenvalue weighted by molar-refractivity contribution is 0.133. The summed E-state index contributed by atoms with van der Waals surface area (Å²) in [6.07, 6.45) is 13.6. The Bertz CT molecular complexity index is 279. The van der Waals surface area contributed by atoms with Gasteiger partial charge in [0, 0.05) is 6.61 Å². The van der Waals surface area contributed by atoms with Crippen LogP contribution in [0.25, 0.3) is 0 Å². The summed E-state index contributed by atoms with van der Waals surface area (Å²) in [6.45, 7) is 0.289. The Morgan fingerprint density at radius 1 is 1.11 bits per heavy atom. The van der Waals surface area contributed by atoms with E-state index < -0.39 is 6.10 Å². The van der Waals surface area contributed by atoms with E-state index in [0.717, 1.165) is 38.5 Å². The monoisotopic (exact) mass is 250 g/mol. The Balaban J connectivity index is 2.13. The summed E-state index contributed by atoms with van der Waals surface area (Å²) in [4.78, 5) is 0. The molecule has 0 bridgehead atoms. The van der Waals surface area contributed by atoms with Gasteiger partial charge in [-0.3, -0.25) is 0 Å². The molecule has 102 valence electrons. The number of rotatable bonds is 6. The van der Waals surface area contributed by atoms with E-state index in [-0.39, 0.29) is 6.61 Å². The molecule has 18 heavy (non-hydrogen) atoms. The zero-order chi connectivity index (χ0) is 13.1. The third-order valence-corrected chi connectivity index (χ3v) is 3.56. The maximum atomic E-state index is 9.91. The largest absolute Gasteiger partial charge is 0.396 e. The predicted molar refractivity (Wildman–Crippen MR) is 75.1 cm³/mol. The van der Waals surface area contributed by atoms with Crippen LogP contribution in [-0.2, 0) is 0 Å². The molecule has 2 N–H and O–H groups in total. The first-order valence-corrected chi connectivity index (χ1v) is 7.29. The molecule has 1 atom stereocenters. The van der Waals surface area contributed by atoms with E-state index in [4.69, 9.17) is 5.11 Å². The van der Waals surface area contributed by atoms with Crippen LogP contribution in [0.2, 0.25) is 0 Å². The van der Waals surface area contributed by atoms with Crippen LogP contribution in [0.4, 0.5) is 0 Å². The molecule has 1 saturated carbocycles. The minimum Gasteiger partial charge on any atom is -0.396 e. The molecule has 0 aromatic rings. The molecular weight excluding hydrogens is 224 g/mol. The van der Waals surface area contributed by atoms with Gasteiger partial charge in [-0.05, 0) is 44.1 Å². The van der Waals surface area contributed by atoms with Gasteiger partial charge in [0.1, 0.15) is 6.10 Å². The van der Waals surface area contributed by atoms with Gasteiger partial charge in [0.15, 0.2) is 0 Å². The molecule has 0 aromatic carbocycles. The normalized spacial score (nSPS) is 18.6. The number of allylic oxidation sites excluding steroid dienone is 2. The lowest BCUT2D eigenvalue weighted by Crippen LogP contribution is -2.20. The van der Waals surface area contributed by atoms with Crippen molar-refractivity contribution >= 4 is 0 Å². The summed E-state index contributed by atoms with van der Waals surface area (Å²) >= 11 is 0. The van der Waals surface area contributed by atoms with Gasteiger partial charge in [-0.1, -0.05) is 43.6 Å². The van der Waals surface area contributed by atoms with Gasteiger partial charge < -0.3 is 10.2 Å². The van der Waals surface area contributed by atoms with Crippen molar-refractivity contribution in [2.45, 2.75) is 63.9 Å². The number of aliphatic hydroxyl groups is 2. The van der Waals surface area contributed by atoms with Gasteiger partial charge >= 0.3 is 0 Å². The second-order valence-electron chi connectivity index (χ2n) is 5.11. The number of aliphatic hydroxyl groups excluding tert-OH is 2. The van der Waals surface area contributed by atoms with Crippen LogP contribution in [0.3, 0.4) is 0 Å². The van der Waals surface area contributed by atoms with E-state index in [1.54, 1.807) is 0 Å². The summed E-state index contributed by atoms with van der Waals surface area (Å²) in [5, 5.41) is 18.5. The van der Waals surface area contributed by atoms with Crippen LogP contribution in [0.5, 0.6) is 0 Å². The van der Waals surface area contributed by atoms with Gasteiger partial charge in [-0.2, -0.15) is 0 Å². The Hall–Kier alpha value is -0.780. The maximum absolute atomic E-state index is 9.91. The fourth-order valence-electron chi connectivity index (χ4n) is 2.39. The molecule has 2 heteroatoms. The highest BCUT2D eigenvalue weighted by atomic mass is 16.3. The van der Waals surface area contributed by atoms with Crippen molar-refractivity contribution in [3.05, 3.63) is 12.2 Å². The molecule has 1 aliphatic carbocycles. The van der Waals surface area contributed by atoms with Crippen LogP contribution in [0.1, 0.15) is 57.8 Å². The van der Waals surface area contributed by atoms with Crippen molar-refractivity contribution in [3.63, 3.8) is 0 Å². The molecule has 1 fully saturated rings. The lowest BCUT2D eigenvalue weighted by atomic mass is 9.85.